The topological polar surface area (TPSA) is 68.7 Å². The number of hydrogen-bond donors (Lipinski definition) is 1. The Balaban J connectivity index is 2.26. The second-order valence-electron chi connectivity index (χ2n) is 5.14. The Kier molecular flexibility index (Phi) is 4.59. The monoisotopic (exact) mass is 287 g/mol. The number of benzene rings is 1. The van der Waals surface area contributed by atoms with E-state index in [2.05, 4.69) is 21.1 Å². The Morgan fingerprint density at radius 1 is 1.43 bits per heavy atom. The summed E-state index contributed by atoms with van der Waals surface area (Å²) in [6, 6.07) is 5.96. The van der Waals surface area contributed by atoms with E-state index in [-0.39, 0.29) is 0 Å². The highest BCUT2D eigenvalue weighted by Gasteiger charge is 2.05. The molecular formula is C15H21N5O. The van der Waals surface area contributed by atoms with Gasteiger partial charge in [0.15, 0.2) is 0 Å². The number of methoxy groups -OCH3 is 1. The SMILES string of the molecule is COc1ccc(C=Nn2cc(C)nc2N)cc1CN(C)C. The van der Waals surface area contributed by atoms with Crippen LogP contribution in [-0.2, 0) is 6.54 Å². The minimum absolute atomic E-state index is 0.380. The number of nitrogens with two attached hydrogens (primary N) is 1. The van der Waals surface area contributed by atoms with Crippen LogP contribution < -0.4 is 10.5 Å². The molecule has 6 nitrogen and oxygen atoms in total. The Labute approximate surface area is 124 Å². The first-order valence-electron chi connectivity index (χ1n) is 6.67. The van der Waals surface area contributed by atoms with E-state index in [1.54, 1.807) is 24.2 Å². The van der Waals surface area contributed by atoms with E-state index in [1.807, 2.05) is 33.2 Å². The van der Waals surface area contributed by atoms with E-state index in [0.29, 0.717) is 5.95 Å². The molecule has 0 aliphatic heterocycles. The van der Waals surface area contributed by atoms with Crippen LogP contribution in [0.4, 0.5) is 5.95 Å². The number of imidazole rings is 1. The molecule has 0 unspecified atom stereocenters. The van der Waals surface area contributed by atoms with Gasteiger partial charge in [-0.3, -0.25) is 0 Å². The van der Waals surface area contributed by atoms with Gasteiger partial charge >= 0.3 is 0 Å². The normalized spacial score (nSPS) is 11.5. The summed E-state index contributed by atoms with van der Waals surface area (Å²) in [7, 11) is 5.72. The van der Waals surface area contributed by atoms with Crippen LogP contribution >= 0.6 is 0 Å². The molecule has 0 fully saturated rings. The van der Waals surface area contributed by atoms with E-state index in [9.17, 15) is 0 Å². The molecule has 1 aromatic heterocycles. The van der Waals surface area contributed by atoms with Gasteiger partial charge in [-0.2, -0.15) is 5.10 Å². The molecular weight excluding hydrogens is 266 g/mol. The summed E-state index contributed by atoms with van der Waals surface area (Å²) in [5, 5.41) is 4.32. The molecule has 0 saturated carbocycles. The van der Waals surface area contributed by atoms with Crippen LogP contribution in [0, 0.1) is 6.92 Å². The van der Waals surface area contributed by atoms with Crippen LogP contribution in [0.3, 0.4) is 0 Å². The number of rotatable bonds is 5. The third-order valence-electron chi connectivity index (χ3n) is 2.96. The number of anilines is 1. The van der Waals surface area contributed by atoms with Gasteiger partial charge in [-0.25, -0.2) is 9.66 Å². The third kappa shape index (κ3) is 3.82. The summed E-state index contributed by atoms with van der Waals surface area (Å²) in [5.74, 6) is 1.25. The minimum atomic E-state index is 0.380. The molecule has 2 N–H and O–H groups in total. The fourth-order valence-corrected chi connectivity index (χ4v) is 2.07. The highest BCUT2D eigenvalue weighted by Crippen LogP contribution is 2.20. The van der Waals surface area contributed by atoms with Gasteiger partial charge in [-0.1, -0.05) is 0 Å². The average molecular weight is 287 g/mol. The highest BCUT2D eigenvalue weighted by atomic mass is 16.5. The lowest BCUT2D eigenvalue weighted by Gasteiger charge is -2.13. The Morgan fingerprint density at radius 2 is 2.19 bits per heavy atom. The van der Waals surface area contributed by atoms with Crippen molar-refractivity contribution >= 4 is 12.2 Å². The lowest BCUT2D eigenvalue weighted by atomic mass is 10.1. The zero-order valence-electron chi connectivity index (χ0n) is 12.9. The van der Waals surface area contributed by atoms with Crippen molar-refractivity contribution in [3.63, 3.8) is 0 Å². The van der Waals surface area contributed by atoms with Gasteiger partial charge in [0, 0.05) is 12.1 Å². The first-order chi connectivity index (χ1) is 9.99. The summed E-state index contributed by atoms with van der Waals surface area (Å²) in [5.41, 5.74) is 8.70. The second-order valence-corrected chi connectivity index (χ2v) is 5.14. The predicted molar refractivity (Wildman–Crippen MR) is 84.8 cm³/mol. The van der Waals surface area contributed by atoms with Crippen LogP contribution in [-0.4, -0.2) is 42.0 Å². The molecule has 112 valence electrons. The lowest BCUT2D eigenvalue weighted by molar-refractivity contribution is 0.372. The van der Waals surface area contributed by atoms with E-state index < -0.39 is 0 Å². The summed E-state index contributed by atoms with van der Waals surface area (Å²) in [6.07, 6.45) is 3.55. The van der Waals surface area contributed by atoms with E-state index in [4.69, 9.17) is 10.5 Å². The molecule has 1 heterocycles. The van der Waals surface area contributed by atoms with Crippen LogP contribution in [0.1, 0.15) is 16.8 Å². The first-order valence-corrected chi connectivity index (χ1v) is 6.67. The van der Waals surface area contributed by atoms with Crippen LogP contribution in [0.25, 0.3) is 0 Å². The van der Waals surface area contributed by atoms with Gasteiger partial charge < -0.3 is 15.4 Å². The van der Waals surface area contributed by atoms with Crippen molar-refractivity contribution in [2.75, 3.05) is 26.9 Å². The van der Waals surface area contributed by atoms with Gasteiger partial charge in [0.2, 0.25) is 5.95 Å². The molecule has 0 spiro atoms. The van der Waals surface area contributed by atoms with Crippen molar-refractivity contribution in [2.24, 2.45) is 5.10 Å². The Morgan fingerprint density at radius 3 is 2.76 bits per heavy atom. The maximum absolute atomic E-state index is 5.76. The number of ether oxygens (including phenoxy) is 1. The zero-order chi connectivity index (χ0) is 15.4. The first kappa shape index (κ1) is 15.1. The smallest absolute Gasteiger partial charge is 0.221 e. The van der Waals surface area contributed by atoms with Gasteiger partial charge in [-0.05, 0) is 44.8 Å². The maximum Gasteiger partial charge on any atom is 0.221 e. The number of nitrogens with zero attached hydrogens (tertiary/aromatic N) is 4. The molecule has 0 saturated heterocycles. The van der Waals surface area contributed by atoms with E-state index in [1.165, 1.54) is 0 Å². The predicted octanol–water partition coefficient (Wildman–Crippen LogP) is 1.73. The quantitative estimate of drug-likeness (QED) is 0.850. The highest BCUT2D eigenvalue weighted by molar-refractivity contribution is 5.80. The van der Waals surface area contributed by atoms with Crippen molar-refractivity contribution in [1.29, 1.82) is 0 Å². The molecule has 1 aromatic carbocycles. The largest absolute Gasteiger partial charge is 0.496 e. The molecule has 21 heavy (non-hydrogen) atoms. The molecule has 0 radical (unpaired) electrons. The molecule has 0 aliphatic rings. The Bertz CT molecular complexity index is 646. The molecule has 2 aromatic rings. The molecule has 0 amide bonds. The van der Waals surface area contributed by atoms with Gasteiger partial charge in [0.1, 0.15) is 5.75 Å². The molecule has 0 aliphatic carbocycles. The van der Waals surface area contributed by atoms with Crippen molar-refractivity contribution in [1.82, 2.24) is 14.6 Å². The summed E-state index contributed by atoms with van der Waals surface area (Å²) in [6.45, 7) is 2.68. The summed E-state index contributed by atoms with van der Waals surface area (Å²) >= 11 is 0. The maximum atomic E-state index is 5.76. The molecule has 6 heteroatoms. The fourth-order valence-electron chi connectivity index (χ4n) is 2.07. The molecule has 0 atom stereocenters. The van der Waals surface area contributed by atoms with Gasteiger partial charge in [0.05, 0.1) is 25.2 Å². The van der Waals surface area contributed by atoms with Crippen molar-refractivity contribution in [3.05, 3.63) is 41.2 Å². The number of nitrogen functional groups attached to an aromatic ring is 1. The van der Waals surface area contributed by atoms with Gasteiger partial charge in [0.25, 0.3) is 0 Å². The molecule has 2 rings (SSSR count). The fraction of sp³-hybridized carbons (Fsp3) is 0.333. The molecule has 0 bridgehead atoms. The van der Waals surface area contributed by atoms with Gasteiger partial charge in [-0.15, -0.1) is 0 Å². The van der Waals surface area contributed by atoms with Crippen LogP contribution in [0.2, 0.25) is 0 Å². The number of aryl methyl sites for hydroxylation is 1. The second kappa shape index (κ2) is 6.41. The van der Waals surface area contributed by atoms with Crippen LogP contribution in [0.15, 0.2) is 29.5 Å². The van der Waals surface area contributed by atoms with Crippen LogP contribution in [0.5, 0.6) is 5.75 Å². The van der Waals surface area contributed by atoms with E-state index >= 15 is 0 Å². The van der Waals surface area contributed by atoms with Crippen molar-refractivity contribution in [3.8, 4) is 5.75 Å². The zero-order valence-corrected chi connectivity index (χ0v) is 12.9. The Hall–Kier alpha value is -2.34. The standard InChI is InChI=1S/C15H21N5O/c1-11-9-20(15(16)18-11)17-8-12-5-6-14(21-4)13(7-12)10-19(2)3/h5-9H,10H2,1-4H3,(H2,16,18). The summed E-state index contributed by atoms with van der Waals surface area (Å²) in [4.78, 5) is 6.20. The number of hydrogen-bond acceptors (Lipinski definition) is 5. The van der Waals surface area contributed by atoms with Crippen molar-refractivity contribution in [2.45, 2.75) is 13.5 Å². The van der Waals surface area contributed by atoms with Crippen molar-refractivity contribution < 1.29 is 4.74 Å². The minimum Gasteiger partial charge on any atom is -0.496 e. The third-order valence-corrected chi connectivity index (χ3v) is 2.96. The summed E-state index contributed by atoms with van der Waals surface area (Å²) < 4.78 is 6.94. The average Bonchev–Trinajstić information content (AvgIpc) is 2.74. The lowest BCUT2D eigenvalue weighted by Crippen LogP contribution is -2.11. The van der Waals surface area contributed by atoms with E-state index in [0.717, 1.165) is 29.1 Å². The number of aromatic nitrogens is 2.